The van der Waals surface area contributed by atoms with Gasteiger partial charge in [-0.2, -0.15) is 0 Å². The Hall–Kier alpha value is -0.410. The number of hydrogen-bond donors (Lipinski definition) is 0. The quantitative estimate of drug-likeness (QED) is 0.704. The van der Waals surface area contributed by atoms with E-state index in [1.165, 1.54) is 18.9 Å². The lowest BCUT2D eigenvalue weighted by molar-refractivity contribution is -0.0931. The van der Waals surface area contributed by atoms with Crippen LogP contribution in [0.15, 0.2) is 24.3 Å². The molecule has 1 aliphatic carbocycles. The molecule has 1 nitrogen and oxygen atoms in total. The van der Waals surface area contributed by atoms with E-state index < -0.39 is 5.60 Å². The summed E-state index contributed by atoms with van der Waals surface area (Å²) in [5.74, 6) is 0.521. The highest BCUT2D eigenvalue weighted by Gasteiger charge is 2.33. The van der Waals surface area contributed by atoms with Crippen LogP contribution in [-0.2, 0) is 10.3 Å². The van der Waals surface area contributed by atoms with Crippen LogP contribution in [0.5, 0.6) is 0 Å². The summed E-state index contributed by atoms with van der Waals surface area (Å²) in [6.07, 6.45) is 4.90. The van der Waals surface area contributed by atoms with Gasteiger partial charge < -0.3 is 4.74 Å². The van der Waals surface area contributed by atoms with E-state index in [0.717, 1.165) is 12.8 Å². The van der Waals surface area contributed by atoms with Crippen molar-refractivity contribution in [2.75, 3.05) is 5.33 Å². The molecule has 1 aromatic carbocycles. The highest BCUT2D eigenvalue weighted by Crippen LogP contribution is 2.35. The number of benzene rings is 1. The van der Waals surface area contributed by atoms with Crippen LogP contribution < -0.4 is 0 Å². The van der Waals surface area contributed by atoms with Crippen LogP contribution in [-0.4, -0.2) is 11.4 Å². The standard InChI is InChI=1S/C16H22BrFO/c1-12-6-5-7-13(10-12)19-16(2,11-17)14-8-3-4-9-15(14)18/h3-4,8-9,12-13H,5-7,10-11H2,1-2H3. The fraction of sp³-hybridized carbons (Fsp3) is 0.625. The predicted octanol–water partition coefficient (Wildman–Crippen LogP) is 5.03. The number of hydrogen-bond acceptors (Lipinski definition) is 1. The van der Waals surface area contributed by atoms with E-state index in [9.17, 15) is 4.39 Å². The summed E-state index contributed by atoms with van der Waals surface area (Å²) in [4.78, 5) is 0. The fourth-order valence-corrected chi connectivity index (χ4v) is 3.34. The molecule has 0 amide bonds. The Morgan fingerprint density at radius 2 is 2.11 bits per heavy atom. The zero-order valence-corrected chi connectivity index (χ0v) is 13.2. The summed E-state index contributed by atoms with van der Waals surface area (Å²) >= 11 is 3.49. The average molecular weight is 329 g/mol. The molecule has 19 heavy (non-hydrogen) atoms. The zero-order chi connectivity index (χ0) is 13.9. The Morgan fingerprint density at radius 1 is 1.37 bits per heavy atom. The first-order valence-electron chi connectivity index (χ1n) is 7.04. The summed E-state index contributed by atoms with van der Waals surface area (Å²) in [5, 5.41) is 0.603. The van der Waals surface area contributed by atoms with Crippen molar-refractivity contribution >= 4 is 15.9 Å². The van der Waals surface area contributed by atoms with Gasteiger partial charge in [0.05, 0.1) is 6.10 Å². The third-order valence-corrected chi connectivity index (χ3v) is 5.08. The maximum atomic E-state index is 14.0. The molecule has 3 atom stereocenters. The molecule has 0 bridgehead atoms. The SMILES string of the molecule is CC1CCCC(OC(C)(CBr)c2ccccc2F)C1. The van der Waals surface area contributed by atoms with E-state index in [1.807, 2.05) is 19.1 Å². The van der Waals surface area contributed by atoms with E-state index in [-0.39, 0.29) is 11.9 Å². The molecule has 0 N–H and O–H groups in total. The normalized spacial score (nSPS) is 26.9. The van der Waals surface area contributed by atoms with Crippen molar-refractivity contribution in [1.29, 1.82) is 0 Å². The molecule has 3 heteroatoms. The van der Waals surface area contributed by atoms with Crippen LogP contribution in [0, 0.1) is 11.7 Å². The van der Waals surface area contributed by atoms with E-state index in [4.69, 9.17) is 4.74 Å². The zero-order valence-electron chi connectivity index (χ0n) is 11.7. The summed E-state index contributed by atoms with van der Waals surface area (Å²) < 4.78 is 20.3. The van der Waals surface area contributed by atoms with Crippen LogP contribution in [0.4, 0.5) is 4.39 Å². The molecular weight excluding hydrogens is 307 g/mol. The molecule has 0 aromatic heterocycles. The molecule has 2 rings (SSSR count). The number of halogens is 2. The number of alkyl halides is 1. The van der Waals surface area contributed by atoms with E-state index in [1.54, 1.807) is 6.07 Å². The van der Waals surface area contributed by atoms with Gasteiger partial charge in [-0.3, -0.25) is 0 Å². The molecule has 1 fully saturated rings. The number of rotatable bonds is 4. The van der Waals surface area contributed by atoms with Crippen LogP contribution in [0.3, 0.4) is 0 Å². The first-order valence-corrected chi connectivity index (χ1v) is 8.16. The van der Waals surface area contributed by atoms with Crippen molar-refractivity contribution in [1.82, 2.24) is 0 Å². The van der Waals surface area contributed by atoms with Crippen molar-refractivity contribution in [3.8, 4) is 0 Å². The second kappa shape index (κ2) is 6.36. The number of ether oxygens (including phenoxy) is 1. The van der Waals surface area contributed by atoms with Crippen molar-refractivity contribution in [3.05, 3.63) is 35.6 Å². The van der Waals surface area contributed by atoms with Crippen molar-refractivity contribution < 1.29 is 9.13 Å². The fourth-order valence-electron chi connectivity index (χ4n) is 2.91. The van der Waals surface area contributed by atoms with Gasteiger partial charge in [0, 0.05) is 10.9 Å². The van der Waals surface area contributed by atoms with Gasteiger partial charge in [-0.05, 0) is 31.7 Å². The van der Waals surface area contributed by atoms with Crippen LogP contribution >= 0.6 is 15.9 Å². The lowest BCUT2D eigenvalue weighted by Gasteiger charge is -2.36. The Bertz CT molecular complexity index is 423. The van der Waals surface area contributed by atoms with Gasteiger partial charge in [0.1, 0.15) is 11.4 Å². The van der Waals surface area contributed by atoms with E-state index in [0.29, 0.717) is 16.8 Å². The third-order valence-electron chi connectivity index (χ3n) is 4.01. The average Bonchev–Trinajstić information content (AvgIpc) is 2.39. The molecule has 106 valence electrons. The second-order valence-electron chi connectivity index (χ2n) is 5.86. The van der Waals surface area contributed by atoms with E-state index >= 15 is 0 Å². The summed E-state index contributed by atoms with van der Waals surface area (Å²) in [7, 11) is 0. The minimum atomic E-state index is -0.590. The van der Waals surface area contributed by atoms with Gasteiger partial charge in [0.25, 0.3) is 0 Å². The van der Waals surface area contributed by atoms with Gasteiger partial charge >= 0.3 is 0 Å². The third kappa shape index (κ3) is 3.57. The molecule has 0 heterocycles. The smallest absolute Gasteiger partial charge is 0.129 e. The minimum absolute atomic E-state index is 0.187. The summed E-state index contributed by atoms with van der Waals surface area (Å²) in [6, 6.07) is 6.91. The van der Waals surface area contributed by atoms with Crippen LogP contribution in [0.1, 0.15) is 45.1 Å². The van der Waals surface area contributed by atoms with Gasteiger partial charge in [-0.1, -0.05) is 53.9 Å². The Morgan fingerprint density at radius 3 is 2.74 bits per heavy atom. The molecule has 1 saturated carbocycles. The predicted molar refractivity (Wildman–Crippen MR) is 80.1 cm³/mol. The largest absolute Gasteiger partial charge is 0.366 e. The highest BCUT2D eigenvalue weighted by molar-refractivity contribution is 9.09. The van der Waals surface area contributed by atoms with Crippen LogP contribution in [0.25, 0.3) is 0 Å². The molecule has 0 radical (unpaired) electrons. The van der Waals surface area contributed by atoms with Crippen molar-refractivity contribution in [2.24, 2.45) is 5.92 Å². The first kappa shape index (κ1) is 15.0. The molecule has 1 aliphatic rings. The lowest BCUT2D eigenvalue weighted by atomic mass is 9.87. The van der Waals surface area contributed by atoms with Gasteiger partial charge in [0.15, 0.2) is 0 Å². The monoisotopic (exact) mass is 328 g/mol. The molecule has 0 spiro atoms. The Balaban J connectivity index is 2.16. The van der Waals surface area contributed by atoms with Gasteiger partial charge in [0.2, 0.25) is 0 Å². The summed E-state index contributed by atoms with van der Waals surface area (Å²) in [6.45, 7) is 4.24. The second-order valence-corrected chi connectivity index (χ2v) is 6.42. The van der Waals surface area contributed by atoms with Gasteiger partial charge in [-0.25, -0.2) is 4.39 Å². The van der Waals surface area contributed by atoms with Gasteiger partial charge in [-0.15, -0.1) is 0 Å². The molecule has 3 unspecified atom stereocenters. The summed E-state index contributed by atoms with van der Waals surface area (Å²) in [5.41, 5.74) is 0.0534. The van der Waals surface area contributed by atoms with Crippen molar-refractivity contribution in [3.63, 3.8) is 0 Å². The highest BCUT2D eigenvalue weighted by atomic mass is 79.9. The molecule has 0 saturated heterocycles. The van der Waals surface area contributed by atoms with Crippen molar-refractivity contribution in [2.45, 2.75) is 51.2 Å². The van der Waals surface area contributed by atoms with Crippen LogP contribution in [0.2, 0.25) is 0 Å². The molecular formula is C16H22BrFO. The maximum Gasteiger partial charge on any atom is 0.129 e. The lowest BCUT2D eigenvalue weighted by Crippen LogP contribution is -2.36. The Kier molecular flexibility index (Phi) is 5.02. The Labute approximate surface area is 123 Å². The van der Waals surface area contributed by atoms with E-state index in [2.05, 4.69) is 22.9 Å². The molecule has 1 aromatic rings. The first-order chi connectivity index (χ1) is 9.05. The topological polar surface area (TPSA) is 9.23 Å². The molecule has 0 aliphatic heterocycles. The minimum Gasteiger partial charge on any atom is -0.366 e. The maximum absolute atomic E-state index is 14.0.